The molecule has 4 unspecified atom stereocenters. The Labute approximate surface area is 74.1 Å². The number of halogens is 3. The van der Waals surface area contributed by atoms with Crippen molar-refractivity contribution in [3.05, 3.63) is 0 Å². The van der Waals surface area contributed by atoms with Gasteiger partial charge in [0.2, 0.25) is 0 Å². The van der Waals surface area contributed by atoms with E-state index in [1.165, 1.54) is 7.11 Å². The van der Waals surface area contributed by atoms with Gasteiger partial charge in [-0.3, -0.25) is 4.79 Å². The first kappa shape index (κ1) is 10.5. The van der Waals surface area contributed by atoms with Crippen LogP contribution in [0.2, 0.25) is 0 Å². The first-order chi connectivity index (χ1) is 6.07. The van der Waals surface area contributed by atoms with Crippen LogP contribution in [-0.2, 0) is 9.53 Å². The maximum atomic E-state index is 13.0. The third-order valence-corrected chi connectivity index (χ3v) is 2.40. The Bertz CT molecular complexity index is 198. The molecule has 1 saturated carbocycles. The minimum absolute atomic E-state index is 0.00935. The monoisotopic (exact) mass is 196 g/mol. The summed E-state index contributed by atoms with van der Waals surface area (Å²) in [5.41, 5.74) is 0. The van der Waals surface area contributed by atoms with E-state index in [0.717, 1.165) is 0 Å². The second-order valence-corrected chi connectivity index (χ2v) is 3.15. The lowest BCUT2D eigenvalue weighted by atomic mass is 9.85. The molecular formula is C8H11F3O2. The average Bonchev–Trinajstić information content (AvgIpc) is 2.09. The largest absolute Gasteiger partial charge is 0.378 e. The van der Waals surface area contributed by atoms with E-state index in [2.05, 4.69) is 4.74 Å². The maximum Gasteiger partial charge on any atom is 0.307 e. The van der Waals surface area contributed by atoms with E-state index in [-0.39, 0.29) is 12.8 Å². The van der Waals surface area contributed by atoms with Crippen LogP contribution in [0.4, 0.5) is 13.2 Å². The van der Waals surface area contributed by atoms with E-state index >= 15 is 0 Å². The van der Waals surface area contributed by atoms with Gasteiger partial charge in [0.05, 0.1) is 12.0 Å². The molecule has 0 aromatic heterocycles. The summed E-state index contributed by atoms with van der Waals surface area (Å²) < 4.78 is 42.9. The zero-order valence-corrected chi connectivity index (χ0v) is 7.17. The number of hydrogen-bond donors (Lipinski definition) is 0. The van der Waals surface area contributed by atoms with Crippen molar-refractivity contribution in [2.24, 2.45) is 5.92 Å². The van der Waals surface area contributed by atoms with Crippen LogP contribution in [0.3, 0.4) is 0 Å². The second-order valence-electron chi connectivity index (χ2n) is 3.15. The van der Waals surface area contributed by atoms with Crippen molar-refractivity contribution in [2.75, 3.05) is 7.11 Å². The van der Waals surface area contributed by atoms with Gasteiger partial charge < -0.3 is 4.74 Å². The standard InChI is InChI=1S/C8H11F3O2/c1-13-5-3-2-4(8(11)12)6(9)7(5)10/h4-7H,2-3H2,1H3. The average molecular weight is 196 g/mol. The van der Waals surface area contributed by atoms with Crippen LogP contribution < -0.4 is 0 Å². The molecule has 1 fully saturated rings. The van der Waals surface area contributed by atoms with Crippen LogP contribution in [0.1, 0.15) is 12.8 Å². The van der Waals surface area contributed by atoms with Crippen molar-refractivity contribution in [1.82, 2.24) is 0 Å². The molecule has 0 heterocycles. The van der Waals surface area contributed by atoms with Gasteiger partial charge in [0.15, 0.2) is 6.17 Å². The summed E-state index contributed by atoms with van der Waals surface area (Å²) in [7, 11) is 1.27. The molecule has 1 rings (SSSR count). The highest BCUT2D eigenvalue weighted by Crippen LogP contribution is 2.32. The summed E-state index contributed by atoms with van der Waals surface area (Å²) in [5, 5.41) is 0. The summed E-state index contributed by atoms with van der Waals surface area (Å²) in [6.07, 6.45) is -4.64. The molecule has 13 heavy (non-hydrogen) atoms. The van der Waals surface area contributed by atoms with E-state index in [4.69, 9.17) is 0 Å². The summed E-state index contributed by atoms with van der Waals surface area (Å²) in [4.78, 5) is 10.2. The third kappa shape index (κ3) is 2.02. The van der Waals surface area contributed by atoms with Crippen LogP contribution in [0.15, 0.2) is 0 Å². The van der Waals surface area contributed by atoms with E-state index in [9.17, 15) is 18.0 Å². The summed E-state index contributed by atoms with van der Waals surface area (Å²) >= 11 is 0. The molecule has 0 bridgehead atoms. The van der Waals surface area contributed by atoms with Gasteiger partial charge in [-0.15, -0.1) is 0 Å². The Morgan fingerprint density at radius 3 is 2.38 bits per heavy atom. The first-order valence-corrected chi connectivity index (χ1v) is 4.08. The Morgan fingerprint density at radius 2 is 1.92 bits per heavy atom. The number of ether oxygens (including phenoxy) is 1. The van der Waals surface area contributed by atoms with Gasteiger partial charge in [0.25, 0.3) is 0 Å². The lowest BCUT2D eigenvalue weighted by molar-refractivity contribution is -0.142. The van der Waals surface area contributed by atoms with Gasteiger partial charge in [-0.05, 0) is 12.8 Å². The van der Waals surface area contributed by atoms with Gasteiger partial charge in [0.1, 0.15) is 6.17 Å². The summed E-state index contributed by atoms with van der Waals surface area (Å²) in [5.74, 6) is -1.44. The summed E-state index contributed by atoms with van der Waals surface area (Å²) in [6.45, 7) is 0. The second kappa shape index (κ2) is 4.09. The number of carbonyl (C=O) groups is 1. The Hall–Kier alpha value is -0.580. The van der Waals surface area contributed by atoms with Crippen molar-refractivity contribution < 1.29 is 22.7 Å². The fraction of sp³-hybridized carbons (Fsp3) is 0.875. The van der Waals surface area contributed by atoms with Crippen molar-refractivity contribution in [1.29, 1.82) is 0 Å². The molecule has 0 aromatic rings. The normalized spacial score (nSPS) is 40.3. The topological polar surface area (TPSA) is 26.3 Å². The predicted molar refractivity (Wildman–Crippen MR) is 39.4 cm³/mol. The Morgan fingerprint density at radius 1 is 1.31 bits per heavy atom. The van der Waals surface area contributed by atoms with Gasteiger partial charge >= 0.3 is 6.04 Å². The molecular weight excluding hydrogens is 185 g/mol. The number of methoxy groups -OCH3 is 1. The number of carbonyl (C=O) groups excluding carboxylic acids is 1. The predicted octanol–water partition coefficient (Wildman–Crippen LogP) is 1.58. The Balaban J connectivity index is 2.64. The fourth-order valence-electron chi connectivity index (χ4n) is 1.58. The van der Waals surface area contributed by atoms with Crippen LogP contribution in [-0.4, -0.2) is 31.6 Å². The molecule has 2 nitrogen and oxygen atoms in total. The molecule has 1 aliphatic carbocycles. The fourth-order valence-corrected chi connectivity index (χ4v) is 1.58. The smallest absolute Gasteiger partial charge is 0.307 e. The highest BCUT2D eigenvalue weighted by atomic mass is 19.2. The van der Waals surface area contributed by atoms with E-state index in [1.807, 2.05) is 0 Å². The van der Waals surface area contributed by atoms with Crippen molar-refractivity contribution in [3.63, 3.8) is 0 Å². The minimum atomic E-state index is -2.07. The van der Waals surface area contributed by atoms with Gasteiger partial charge in [0, 0.05) is 7.11 Å². The van der Waals surface area contributed by atoms with Crippen LogP contribution in [0.25, 0.3) is 0 Å². The molecule has 0 amide bonds. The molecule has 4 atom stereocenters. The quantitative estimate of drug-likeness (QED) is 0.627. The van der Waals surface area contributed by atoms with E-state index in [1.54, 1.807) is 0 Å². The molecule has 0 saturated heterocycles. The first-order valence-electron chi connectivity index (χ1n) is 4.08. The molecule has 0 radical (unpaired) electrons. The van der Waals surface area contributed by atoms with Crippen molar-refractivity contribution in [3.8, 4) is 0 Å². The molecule has 0 aromatic carbocycles. The lowest BCUT2D eigenvalue weighted by Gasteiger charge is -2.31. The van der Waals surface area contributed by atoms with Gasteiger partial charge in [-0.1, -0.05) is 0 Å². The third-order valence-electron chi connectivity index (χ3n) is 2.40. The van der Waals surface area contributed by atoms with E-state index in [0.29, 0.717) is 0 Å². The number of rotatable bonds is 2. The van der Waals surface area contributed by atoms with Crippen LogP contribution in [0.5, 0.6) is 0 Å². The maximum absolute atomic E-state index is 13.0. The van der Waals surface area contributed by atoms with Crippen molar-refractivity contribution in [2.45, 2.75) is 31.3 Å². The molecule has 1 aliphatic rings. The van der Waals surface area contributed by atoms with E-state index < -0.39 is 30.4 Å². The van der Waals surface area contributed by atoms with Gasteiger partial charge in [-0.25, -0.2) is 8.78 Å². The summed E-state index contributed by atoms with van der Waals surface area (Å²) in [6, 6.07) is -1.77. The molecule has 0 N–H and O–H groups in total. The van der Waals surface area contributed by atoms with Gasteiger partial charge in [-0.2, -0.15) is 4.39 Å². The van der Waals surface area contributed by atoms with Crippen LogP contribution in [0, 0.1) is 5.92 Å². The lowest BCUT2D eigenvalue weighted by Crippen LogP contribution is -2.44. The SMILES string of the molecule is COC1CCC(C(=O)F)C(F)C1F. The van der Waals surface area contributed by atoms with Crippen molar-refractivity contribution >= 4 is 6.04 Å². The Kier molecular flexibility index (Phi) is 3.30. The minimum Gasteiger partial charge on any atom is -0.378 e. The molecule has 0 aliphatic heterocycles. The molecule has 76 valence electrons. The molecule has 0 spiro atoms. The zero-order valence-electron chi connectivity index (χ0n) is 7.17. The zero-order chi connectivity index (χ0) is 10.0. The highest BCUT2D eigenvalue weighted by Gasteiger charge is 2.43. The number of alkyl halides is 2. The van der Waals surface area contributed by atoms with Crippen LogP contribution >= 0.6 is 0 Å². The highest BCUT2D eigenvalue weighted by molar-refractivity contribution is 5.72. The number of hydrogen-bond acceptors (Lipinski definition) is 2. The molecule has 5 heteroatoms.